The van der Waals surface area contributed by atoms with Crippen molar-refractivity contribution in [2.75, 3.05) is 0 Å². The molecule has 0 aliphatic carbocycles. The molecule has 0 fully saturated rings. The minimum absolute atomic E-state index is 0.919. The van der Waals surface area contributed by atoms with E-state index in [0.717, 1.165) is 37.9 Å². The fourth-order valence-corrected chi connectivity index (χ4v) is 6.92. The van der Waals surface area contributed by atoms with Crippen LogP contribution in [0.15, 0.2) is 140 Å². The molecule has 3 nitrogen and oxygen atoms in total. The second kappa shape index (κ2) is 10.2. The van der Waals surface area contributed by atoms with Gasteiger partial charge in [0.2, 0.25) is 0 Å². The van der Waals surface area contributed by atoms with Crippen molar-refractivity contribution < 1.29 is 0 Å². The lowest BCUT2D eigenvalue weighted by Gasteiger charge is -2.08. The summed E-state index contributed by atoms with van der Waals surface area (Å²) in [6, 6.07) is 40.5. The molecule has 8 rings (SSSR count). The summed E-state index contributed by atoms with van der Waals surface area (Å²) in [6.45, 7) is 6.53. The number of hydrogen-bond acceptors (Lipinski definition) is 3. The fraction of sp³-hybridized carbons (Fsp3) is 0.0256. The third kappa shape index (κ3) is 4.35. The Morgan fingerprint density at radius 2 is 1.40 bits per heavy atom. The molecule has 0 radical (unpaired) electrons. The summed E-state index contributed by atoms with van der Waals surface area (Å²) >= 11 is 1.69. The summed E-state index contributed by atoms with van der Waals surface area (Å²) in [5.41, 5.74) is 10.8. The van der Waals surface area contributed by atoms with Gasteiger partial charge in [-0.05, 0) is 83.8 Å². The van der Waals surface area contributed by atoms with Crippen molar-refractivity contribution in [2.45, 2.75) is 6.92 Å². The molecule has 0 N–H and O–H groups in total. The molecular formula is C39H27N3S. The summed E-state index contributed by atoms with van der Waals surface area (Å²) in [5, 5.41) is 3.64. The number of hydrogen-bond donors (Lipinski definition) is 0. The Morgan fingerprint density at radius 1 is 0.698 bits per heavy atom. The largest absolute Gasteiger partial charge is 0.309 e. The first-order chi connectivity index (χ1) is 21.1. The molecule has 0 spiro atoms. The number of para-hydroxylation sites is 4. The molecule has 0 saturated carbocycles. The van der Waals surface area contributed by atoms with Gasteiger partial charge >= 0.3 is 0 Å². The van der Waals surface area contributed by atoms with Crippen molar-refractivity contribution >= 4 is 75.8 Å². The normalized spacial score (nSPS) is 12.4. The van der Waals surface area contributed by atoms with E-state index >= 15 is 0 Å². The summed E-state index contributed by atoms with van der Waals surface area (Å²) in [6.07, 6.45) is 6.34. The van der Waals surface area contributed by atoms with Crippen LogP contribution in [-0.4, -0.2) is 14.5 Å². The van der Waals surface area contributed by atoms with Crippen LogP contribution in [-0.2, 0) is 0 Å². The second-order valence-corrected chi connectivity index (χ2v) is 11.9. The van der Waals surface area contributed by atoms with Gasteiger partial charge in [0.1, 0.15) is 10.3 Å². The van der Waals surface area contributed by atoms with E-state index in [0.29, 0.717) is 0 Å². The SMILES string of the molecule is C=C(/C=C\C=C(/C)c1ccc2c(c1)c1ccccc1n2-c1ccccc1)c1ccc2sc3nc4ccccc4nc3c2c1. The molecule has 0 amide bonds. The summed E-state index contributed by atoms with van der Waals surface area (Å²) in [4.78, 5) is 10.8. The average molecular weight is 570 g/mol. The van der Waals surface area contributed by atoms with Crippen molar-refractivity contribution in [3.63, 3.8) is 0 Å². The molecule has 0 aliphatic rings. The Bertz CT molecular complexity index is 2420. The van der Waals surface area contributed by atoms with Gasteiger partial charge in [0.15, 0.2) is 0 Å². The van der Waals surface area contributed by atoms with Crippen molar-refractivity contribution in [3.8, 4) is 5.69 Å². The summed E-state index contributed by atoms with van der Waals surface area (Å²) in [5.74, 6) is 0. The zero-order valence-corrected chi connectivity index (χ0v) is 24.5. The Morgan fingerprint density at radius 3 is 2.26 bits per heavy atom. The van der Waals surface area contributed by atoms with Gasteiger partial charge < -0.3 is 4.57 Å². The van der Waals surface area contributed by atoms with Crippen LogP contribution < -0.4 is 0 Å². The van der Waals surface area contributed by atoms with Gasteiger partial charge in [-0.3, -0.25) is 0 Å². The molecule has 0 atom stereocenters. The highest BCUT2D eigenvalue weighted by Crippen LogP contribution is 2.35. The van der Waals surface area contributed by atoms with Crippen LogP contribution in [0.2, 0.25) is 0 Å². The Labute approximate surface area is 253 Å². The van der Waals surface area contributed by atoms with Crippen LogP contribution >= 0.6 is 11.3 Å². The van der Waals surface area contributed by atoms with E-state index in [1.807, 2.05) is 24.3 Å². The van der Waals surface area contributed by atoms with Crippen molar-refractivity contribution in [2.24, 2.45) is 0 Å². The van der Waals surface area contributed by atoms with E-state index in [2.05, 4.69) is 127 Å². The van der Waals surface area contributed by atoms with E-state index < -0.39 is 0 Å². The first-order valence-electron chi connectivity index (χ1n) is 14.4. The van der Waals surface area contributed by atoms with E-state index in [9.17, 15) is 0 Å². The van der Waals surface area contributed by atoms with E-state index in [-0.39, 0.29) is 0 Å². The number of allylic oxidation sites excluding steroid dienone is 5. The average Bonchev–Trinajstić information content (AvgIpc) is 3.58. The second-order valence-electron chi connectivity index (χ2n) is 10.8. The van der Waals surface area contributed by atoms with Gasteiger partial charge in [-0.15, -0.1) is 11.3 Å². The smallest absolute Gasteiger partial charge is 0.143 e. The van der Waals surface area contributed by atoms with Crippen LogP contribution in [0.3, 0.4) is 0 Å². The molecule has 0 bridgehead atoms. The molecule has 0 unspecified atom stereocenters. The first kappa shape index (κ1) is 25.4. The monoisotopic (exact) mass is 569 g/mol. The number of thiophene rings is 1. The van der Waals surface area contributed by atoms with Gasteiger partial charge in [0.25, 0.3) is 0 Å². The van der Waals surface area contributed by atoms with Crippen LogP contribution in [0.4, 0.5) is 0 Å². The molecule has 43 heavy (non-hydrogen) atoms. The maximum absolute atomic E-state index is 4.93. The molecule has 5 aromatic carbocycles. The summed E-state index contributed by atoms with van der Waals surface area (Å²) < 4.78 is 3.53. The predicted octanol–water partition coefficient (Wildman–Crippen LogP) is 10.8. The quantitative estimate of drug-likeness (QED) is 0.193. The molecule has 3 heterocycles. The van der Waals surface area contributed by atoms with Gasteiger partial charge in [-0.2, -0.15) is 0 Å². The molecule has 0 aliphatic heterocycles. The maximum atomic E-state index is 4.93. The highest BCUT2D eigenvalue weighted by atomic mass is 32.1. The van der Waals surface area contributed by atoms with Crippen LogP contribution in [0.25, 0.3) is 70.1 Å². The van der Waals surface area contributed by atoms with Crippen LogP contribution in [0.5, 0.6) is 0 Å². The van der Waals surface area contributed by atoms with Gasteiger partial charge in [-0.1, -0.05) is 85.5 Å². The molecule has 8 aromatic rings. The number of rotatable bonds is 5. The molecule has 204 valence electrons. The first-order valence-corrected chi connectivity index (χ1v) is 15.2. The third-order valence-electron chi connectivity index (χ3n) is 8.14. The molecule has 0 saturated heterocycles. The van der Waals surface area contributed by atoms with Crippen molar-refractivity contribution in [1.29, 1.82) is 0 Å². The van der Waals surface area contributed by atoms with E-state index in [1.165, 1.54) is 43.3 Å². The van der Waals surface area contributed by atoms with Crippen molar-refractivity contribution in [3.05, 3.63) is 151 Å². The van der Waals surface area contributed by atoms with Gasteiger partial charge in [0.05, 0.1) is 22.1 Å². The Hall–Kier alpha value is -5.32. The lowest BCUT2D eigenvalue weighted by Crippen LogP contribution is -1.92. The number of nitrogens with zero attached hydrogens (tertiary/aromatic N) is 3. The minimum Gasteiger partial charge on any atom is -0.309 e. The highest BCUT2D eigenvalue weighted by molar-refractivity contribution is 7.25. The summed E-state index contributed by atoms with van der Waals surface area (Å²) in [7, 11) is 0. The van der Waals surface area contributed by atoms with Crippen molar-refractivity contribution in [1.82, 2.24) is 14.5 Å². The third-order valence-corrected chi connectivity index (χ3v) is 9.19. The fourth-order valence-electron chi connectivity index (χ4n) is 5.91. The number of aromatic nitrogens is 3. The molecule has 4 heteroatoms. The van der Waals surface area contributed by atoms with E-state index in [4.69, 9.17) is 9.97 Å². The highest BCUT2D eigenvalue weighted by Gasteiger charge is 2.13. The lowest BCUT2D eigenvalue weighted by molar-refractivity contribution is 1.18. The van der Waals surface area contributed by atoms with E-state index in [1.54, 1.807) is 11.3 Å². The minimum atomic E-state index is 0.919. The molecular weight excluding hydrogens is 543 g/mol. The van der Waals surface area contributed by atoms with Gasteiger partial charge in [-0.25, -0.2) is 9.97 Å². The lowest BCUT2D eigenvalue weighted by atomic mass is 10.0. The Balaban J connectivity index is 1.11. The zero-order valence-electron chi connectivity index (χ0n) is 23.7. The maximum Gasteiger partial charge on any atom is 0.143 e. The standard InChI is InChI=1S/C39H27N3S/c1-25(27-19-21-36-31(23-27)30-15-6-9-18-35(30)42(36)29-13-4-3-5-14-29)11-10-12-26(2)28-20-22-37-32(24-28)38-39(43-37)41-34-17-8-7-16-33(34)40-38/h3-24H,2H2,1H3/b12-10-,25-11+. The van der Waals surface area contributed by atoms with Crippen LogP contribution in [0.1, 0.15) is 18.1 Å². The zero-order chi connectivity index (χ0) is 28.9. The van der Waals surface area contributed by atoms with Gasteiger partial charge in [0, 0.05) is 26.5 Å². The number of benzene rings is 5. The Kier molecular flexibility index (Phi) is 6.02. The molecule has 3 aromatic heterocycles. The van der Waals surface area contributed by atoms with Crippen LogP contribution in [0, 0.1) is 0 Å². The topological polar surface area (TPSA) is 30.7 Å². The predicted molar refractivity (Wildman–Crippen MR) is 185 cm³/mol. The number of fused-ring (bicyclic) bond motifs is 7.